The van der Waals surface area contributed by atoms with Gasteiger partial charge < -0.3 is 24.1 Å². The van der Waals surface area contributed by atoms with Crippen LogP contribution in [0.15, 0.2) is 29.8 Å². The van der Waals surface area contributed by atoms with Crippen molar-refractivity contribution in [1.29, 1.82) is 5.26 Å². The van der Waals surface area contributed by atoms with E-state index in [1.165, 1.54) is 18.2 Å². The largest absolute Gasteiger partial charge is 0.586 e. The maximum atomic E-state index is 13.1. The molecule has 2 heterocycles. The fraction of sp³-hybridized carbons (Fsp3) is 0.348. The number of anilines is 1. The molecule has 0 unspecified atom stereocenters. The molecular weight excluding hydrogens is 436 g/mol. The molecule has 10 heteroatoms. The van der Waals surface area contributed by atoms with E-state index in [2.05, 4.69) is 33.2 Å². The Morgan fingerprint density at radius 2 is 1.94 bits per heavy atom. The topological polar surface area (TPSA) is 103 Å². The van der Waals surface area contributed by atoms with Gasteiger partial charge in [0, 0.05) is 29.7 Å². The van der Waals surface area contributed by atoms with Crippen molar-refractivity contribution in [2.45, 2.75) is 40.5 Å². The zero-order valence-electron chi connectivity index (χ0n) is 18.6. The van der Waals surface area contributed by atoms with E-state index in [1.54, 1.807) is 6.07 Å². The molecule has 3 rings (SSSR count). The Bertz CT molecular complexity index is 1160. The van der Waals surface area contributed by atoms with Crippen molar-refractivity contribution in [1.82, 2.24) is 4.57 Å². The van der Waals surface area contributed by atoms with Gasteiger partial charge in [0.25, 0.3) is 5.91 Å². The SMILES string of the molecule is Cc1cc(C=C(C#N)C(=O)OCC(=O)Nc2ccc3c(c2)OC(F)(F)O3)c(C)n1CC(C)C. The van der Waals surface area contributed by atoms with E-state index in [4.69, 9.17) is 4.74 Å². The van der Waals surface area contributed by atoms with Crippen LogP contribution in [0.4, 0.5) is 14.5 Å². The lowest BCUT2D eigenvalue weighted by Gasteiger charge is -2.12. The molecule has 0 saturated carbocycles. The number of rotatable bonds is 7. The van der Waals surface area contributed by atoms with E-state index in [9.17, 15) is 23.6 Å². The van der Waals surface area contributed by atoms with Gasteiger partial charge in [-0.25, -0.2) is 4.79 Å². The minimum Gasteiger partial charge on any atom is -0.451 e. The van der Waals surface area contributed by atoms with Gasteiger partial charge in [-0.1, -0.05) is 13.8 Å². The summed E-state index contributed by atoms with van der Waals surface area (Å²) in [5, 5.41) is 11.8. The molecule has 174 valence electrons. The Kier molecular flexibility index (Phi) is 6.72. The number of esters is 1. The monoisotopic (exact) mass is 459 g/mol. The maximum absolute atomic E-state index is 13.1. The lowest BCUT2D eigenvalue weighted by molar-refractivity contribution is -0.286. The number of carbonyl (C=O) groups is 2. The van der Waals surface area contributed by atoms with Gasteiger partial charge in [-0.05, 0) is 49.6 Å². The second-order valence-corrected chi connectivity index (χ2v) is 7.95. The summed E-state index contributed by atoms with van der Waals surface area (Å²) < 4.78 is 41.8. The van der Waals surface area contributed by atoms with Crippen molar-refractivity contribution >= 4 is 23.6 Å². The van der Waals surface area contributed by atoms with Crippen LogP contribution in [-0.2, 0) is 20.9 Å². The van der Waals surface area contributed by atoms with Crippen molar-refractivity contribution < 1.29 is 32.6 Å². The summed E-state index contributed by atoms with van der Waals surface area (Å²) in [7, 11) is 0. The highest BCUT2D eigenvalue weighted by atomic mass is 19.3. The summed E-state index contributed by atoms with van der Waals surface area (Å²) in [5.41, 5.74) is 2.51. The van der Waals surface area contributed by atoms with Crippen LogP contribution in [0.25, 0.3) is 6.08 Å². The molecule has 1 aliphatic rings. The first kappa shape index (κ1) is 23.8. The number of fused-ring (bicyclic) bond motifs is 1. The summed E-state index contributed by atoms with van der Waals surface area (Å²) in [6, 6.07) is 7.37. The lowest BCUT2D eigenvalue weighted by Crippen LogP contribution is -2.25. The van der Waals surface area contributed by atoms with Crippen LogP contribution >= 0.6 is 0 Å². The molecule has 1 N–H and O–H groups in total. The highest BCUT2D eigenvalue weighted by molar-refractivity contribution is 6.00. The number of nitriles is 1. The molecule has 33 heavy (non-hydrogen) atoms. The van der Waals surface area contributed by atoms with Crippen LogP contribution in [0.1, 0.15) is 30.8 Å². The molecule has 1 aliphatic heterocycles. The van der Waals surface area contributed by atoms with E-state index in [1.807, 2.05) is 19.9 Å². The molecule has 0 spiro atoms. The van der Waals surface area contributed by atoms with Gasteiger partial charge >= 0.3 is 12.3 Å². The van der Waals surface area contributed by atoms with Crippen molar-refractivity contribution in [2.75, 3.05) is 11.9 Å². The van der Waals surface area contributed by atoms with E-state index in [-0.39, 0.29) is 22.8 Å². The summed E-state index contributed by atoms with van der Waals surface area (Å²) in [4.78, 5) is 24.4. The third-order valence-corrected chi connectivity index (χ3v) is 4.82. The van der Waals surface area contributed by atoms with Crippen LogP contribution < -0.4 is 14.8 Å². The van der Waals surface area contributed by atoms with Crippen molar-refractivity contribution in [3.63, 3.8) is 0 Å². The van der Waals surface area contributed by atoms with E-state index in [0.717, 1.165) is 24.0 Å². The number of carbonyl (C=O) groups excluding carboxylic acids is 2. The number of ether oxygens (including phenoxy) is 3. The lowest BCUT2D eigenvalue weighted by atomic mass is 10.1. The summed E-state index contributed by atoms with van der Waals surface area (Å²) in [6.07, 6.45) is -2.34. The summed E-state index contributed by atoms with van der Waals surface area (Å²) in [5.74, 6) is -1.65. The van der Waals surface area contributed by atoms with Crippen molar-refractivity contribution in [3.8, 4) is 17.6 Å². The molecule has 8 nitrogen and oxygen atoms in total. The molecule has 0 fully saturated rings. The molecule has 0 atom stereocenters. The highest BCUT2D eigenvalue weighted by Crippen LogP contribution is 2.42. The number of halogens is 2. The number of amides is 1. The molecule has 0 bridgehead atoms. The Hall–Kier alpha value is -3.87. The quantitative estimate of drug-likeness (QED) is 0.379. The number of hydrogen-bond donors (Lipinski definition) is 1. The molecule has 1 aromatic heterocycles. The first-order valence-corrected chi connectivity index (χ1v) is 10.1. The van der Waals surface area contributed by atoms with E-state index < -0.39 is 24.8 Å². The molecule has 0 saturated heterocycles. The number of nitrogens with one attached hydrogen (secondary N) is 1. The second kappa shape index (κ2) is 9.32. The molecule has 1 aromatic carbocycles. The summed E-state index contributed by atoms with van der Waals surface area (Å²) in [6.45, 7) is 8.16. The standard InChI is InChI=1S/C23H23F2N3O5/c1-13(2)11-28-14(3)7-16(15(28)4)8-17(10-26)22(30)31-12-21(29)27-18-5-6-19-20(9-18)33-23(24,25)32-19/h5-9,13H,11-12H2,1-4H3,(H,27,29). The third kappa shape index (κ3) is 5.68. The Labute approximate surface area is 189 Å². The maximum Gasteiger partial charge on any atom is 0.586 e. The first-order valence-electron chi connectivity index (χ1n) is 10.1. The first-order chi connectivity index (χ1) is 15.5. The fourth-order valence-electron chi connectivity index (χ4n) is 3.34. The summed E-state index contributed by atoms with van der Waals surface area (Å²) >= 11 is 0. The van der Waals surface area contributed by atoms with Crippen LogP contribution in [0.5, 0.6) is 11.5 Å². The van der Waals surface area contributed by atoms with Crippen LogP contribution in [0, 0.1) is 31.1 Å². The van der Waals surface area contributed by atoms with Crippen LogP contribution in [0.3, 0.4) is 0 Å². The molecule has 2 aromatic rings. The van der Waals surface area contributed by atoms with E-state index in [0.29, 0.717) is 11.5 Å². The van der Waals surface area contributed by atoms with Gasteiger partial charge in [-0.2, -0.15) is 5.26 Å². The minimum atomic E-state index is -3.77. The normalized spacial score (nSPS) is 14.2. The zero-order valence-corrected chi connectivity index (χ0v) is 18.6. The highest BCUT2D eigenvalue weighted by Gasteiger charge is 2.43. The second-order valence-electron chi connectivity index (χ2n) is 7.95. The predicted molar refractivity (Wildman–Crippen MR) is 115 cm³/mol. The van der Waals surface area contributed by atoms with Gasteiger partial charge in [0.2, 0.25) is 0 Å². The van der Waals surface area contributed by atoms with Crippen molar-refractivity contribution in [2.24, 2.45) is 5.92 Å². The van der Waals surface area contributed by atoms with Crippen LogP contribution in [0.2, 0.25) is 0 Å². The number of alkyl halides is 2. The Morgan fingerprint density at radius 1 is 1.24 bits per heavy atom. The molecule has 0 radical (unpaired) electrons. The smallest absolute Gasteiger partial charge is 0.451 e. The zero-order chi connectivity index (χ0) is 24.3. The van der Waals surface area contributed by atoms with Crippen molar-refractivity contribution in [3.05, 3.63) is 46.8 Å². The van der Waals surface area contributed by atoms with Gasteiger partial charge in [-0.15, -0.1) is 8.78 Å². The predicted octanol–water partition coefficient (Wildman–Crippen LogP) is 4.17. The number of nitrogens with zero attached hydrogens (tertiary/aromatic N) is 2. The fourth-order valence-corrected chi connectivity index (χ4v) is 3.34. The molecule has 0 aliphatic carbocycles. The van der Waals surface area contributed by atoms with Gasteiger partial charge in [0.1, 0.15) is 11.6 Å². The molecule has 1 amide bonds. The average Bonchev–Trinajstić information content (AvgIpc) is 3.18. The number of aryl methyl sites for hydroxylation is 1. The number of hydrogen-bond acceptors (Lipinski definition) is 6. The number of benzene rings is 1. The number of aromatic nitrogens is 1. The minimum absolute atomic E-state index is 0.143. The van der Waals surface area contributed by atoms with Gasteiger partial charge in [0.15, 0.2) is 18.1 Å². The Balaban J connectivity index is 1.62. The van der Waals surface area contributed by atoms with Crippen LogP contribution in [-0.4, -0.2) is 29.3 Å². The average molecular weight is 459 g/mol. The Morgan fingerprint density at radius 3 is 2.61 bits per heavy atom. The van der Waals surface area contributed by atoms with Gasteiger partial charge in [0.05, 0.1) is 0 Å². The third-order valence-electron chi connectivity index (χ3n) is 4.82. The molecular formula is C23H23F2N3O5. The van der Waals surface area contributed by atoms with Gasteiger partial charge in [-0.3, -0.25) is 4.79 Å². The van der Waals surface area contributed by atoms with E-state index >= 15 is 0 Å².